The minimum Gasteiger partial charge on any atom is -0.497 e. The number of anilines is 2. The van der Waals surface area contributed by atoms with Crippen LogP contribution in [0.1, 0.15) is 49.4 Å². The molecule has 0 bridgehead atoms. The number of carbonyl (C=O) groups is 2. The number of amides is 1. The fraction of sp³-hybridized carbons (Fsp3) is 0.312. The van der Waals surface area contributed by atoms with Gasteiger partial charge in [0.1, 0.15) is 5.75 Å². The van der Waals surface area contributed by atoms with Gasteiger partial charge in [-0.15, -0.1) is 0 Å². The van der Waals surface area contributed by atoms with Gasteiger partial charge in [-0.25, -0.2) is 0 Å². The summed E-state index contributed by atoms with van der Waals surface area (Å²) in [5, 5.41) is 6.67. The van der Waals surface area contributed by atoms with E-state index in [-0.39, 0.29) is 29.7 Å². The Kier molecular flexibility index (Phi) is 6.98. The van der Waals surface area contributed by atoms with Crippen molar-refractivity contribution in [2.24, 2.45) is 5.41 Å². The quantitative estimate of drug-likeness (QED) is 0.431. The number of Topliss-reactive ketones (excluding diaryl/α,β-unsaturated/α-hetero) is 1. The molecule has 0 radical (unpaired) electrons. The molecular weight excluding hydrogens is 474 g/mol. The van der Waals surface area contributed by atoms with Gasteiger partial charge in [-0.2, -0.15) is 0 Å². The van der Waals surface area contributed by atoms with Crippen molar-refractivity contribution in [2.45, 2.75) is 46.2 Å². The number of carbonyl (C=O) groups excluding carboxylic acids is 2. The van der Waals surface area contributed by atoms with E-state index in [2.05, 4.69) is 60.6 Å². The van der Waals surface area contributed by atoms with E-state index in [9.17, 15) is 9.59 Å². The summed E-state index contributed by atoms with van der Waals surface area (Å²) < 4.78 is 5.23. The third kappa shape index (κ3) is 5.30. The lowest BCUT2D eigenvalue weighted by molar-refractivity contribution is -0.120. The number of ether oxygens (including phenoxy) is 1. The SMILES string of the molecule is COc1ccc(CNC(=O)CN2c3ccccc3NC3=C(C(=O)CC(C)(C)C3)C2c2ccc(C)cc2)cc1. The Bertz CT molecular complexity index is 1370. The van der Waals surface area contributed by atoms with E-state index in [4.69, 9.17) is 4.74 Å². The molecule has 6 nitrogen and oxygen atoms in total. The Morgan fingerprint density at radius 2 is 1.74 bits per heavy atom. The first-order valence-electron chi connectivity index (χ1n) is 13.1. The molecule has 1 aliphatic carbocycles. The predicted molar refractivity (Wildman–Crippen MR) is 151 cm³/mol. The highest BCUT2D eigenvalue weighted by molar-refractivity contribution is 6.01. The van der Waals surface area contributed by atoms with Crippen molar-refractivity contribution in [1.29, 1.82) is 0 Å². The highest BCUT2D eigenvalue weighted by Crippen LogP contribution is 2.48. The second-order valence-corrected chi connectivity index (χ2v) is 11.0. The molecule has 2 N–H and O–H groups in total. The van der Waals surface area contributed by atoms with Crippen molar-refractivity contribution in [3.8, 4) is 5.75 Å². The van der Waals surface area contributed by atoms with Crippen molar-refractivity contribution in [3.63, 3.8) is 0 Å². The number of para-hydroxylation sites is 2. The highest BCUT2D eigenvalue weighted by atomic mass is 16.5. The van der Waals surface area contributed by atoms with Crippen molar-refractivity contribution in [1.82, 2.24) is 5.32 Å². The molecule has 38 heavy (non-hydrogen) atoms. The summed E-state index contributed by atoms with van der Waals surface area (Å²) in [5.74, 6) is 0.797. The summed E-state index contributed by atoms with van der Waals surface area (Å²) >= 11 is 0. The Hall–Kier alpha value is -4.06. The number of rotatable bonds is 6. The van der Waals surface area contributed by atoms with Gasteiger partial charge in [0.2, 0.25) is 5.91 Å². The Labute approximate surface area is 224 Å². The second kappa shape index (κ2) is 10.4. The minimum atomic E-state index is -0.378. The fourth-order valence-corrected chi connectivity index (χ4v) is 5.48. The van der Waals surface area contributed by atoms with E-state index >= 15 is 0 Å². The van der Waals surface area contributed by atoms with Crippen LogP contribution in [-0.4, -0.2) is 25.3 Å². The van der Waals surface area contributed by atoms with Crippen LogP contribution in [0.15, 0.2) is 84.1 Å². The van der Waals surface area contributed by atoms with Crippen LogP contribution in [-0.2, 0) is 16.1 Å². The molecule has 196 valence electrons. The normalized spacial score (nSPS) is 18.2. The zero-order chi connectivity index (χ0) is 26.9. The van der Waals surface area contributed by atoms with E-state index in [0.29, 0.717) is 13.0 Å². The molecule has 1 heterocycles. The van der Waals surface area contributed by atoms with Crippen molar-refractivity contribution in [2.75, 3.05) is 23.9 Å². The Morgan fingerprint density at radius 3 is 2.45 bits per heavy atom. The molecule has 1 atom stereocenters. The van der Waals surface area contributed by atoms with E-state index in [1.54, 1.807) is 7.11 Å². The summed E-state index contributed by atoms with van der Waals surface area (Å²) in [4.78, 5) is 29.2. The van der Waals surface area contributed by atoms with Crippen LogP contribution in [0.25, 0.3) is 0 Å². The largest absolute Gasteiger partial charge is 0.497 e. The summed E-state index contributed by atoms with van der Waals surface area (Å²) in [6.07, 6.45) is 1.24. The van der Waals surface area contributed by atoms with Crippen molar-refractivity contribution < 1.29 is 14.3 Å². The van der Waals surface area contributed by atoms with Crippen LogP contribution < -0.4 is 20.3 Å². The highest BCUT2D eigenvalue weighted by Gasteiger charge is 2.41. The van der Waals surface area contributed by atoms with Crippen LogP contribution >= 0.6 is 0 Å². The Balaban J connectivity index is 1.53. The molecule has 0 aromatic heterocycles. The topological polar surface area (TPSA) is 70.7 Å². The molecule has 3 aromatic carbocycles. The maximum Gasteiger partial charge on any atom is 0.239 e. The zero-order valence-corrected chi connectivity index (χ0v) is 22.5. The number of methoxy groups -OCH3 is 1. The molecule has 1 amide bonds. The average Bonchev–Trinajstić information content (AvgIpc) is 3.02. The summed E-state index contributed by atoms with van der Waals surface area (Å²) in [6.45, 7) is 6.85. The van der Waals surface area contributed by atoms with Crippen LogP contribution in [0.4, 0.5) is 11.4 Å². The van der Waals surface area contributed by atoms with Crippen LogP contribution in [0.5, 0.6) is 5.75 Å². The lowest BCUT2D eigenvalue weighted by atomic mass is 9.73. The second-order valence-electron chi connectivity index (χ2n) is 11.0. The first-order valence-corrected chi connectivity index (χ1v) is 13.1. The predicted octanol–water partition coefficient (Wildman–Crippen LogP) is 5.94. The van der Waals surface area contributed by atoms with E-state index in [0.717, 1.165) is 51.5 Å². The van der Waals surface area contributed by atoms with Gasteiger partial charge in [0, 0.05) is 24.2 Å². The molecule has 0 fully saturated rings. The zero-order valence-electron chi connectivity index (χ0n) is 22.5. The Morgan fingerprint density at radius 1 is 1.03 bits per heavy atom. The molecule has 0 spiro atoms. The van der Waals surface area contributed by atoms with Gasteiger partial charge in [-0.05, 0) is 54.2 Å². The molecule has 1 unspecified atom stereocenters. The molecule has 6 heteroatoms. The molecule has 3 aromatic rings. The number of allylic oxidation sites excluding steroid dienone is 1. The van der Waals surface area contributed by atoms with E-state index in [1.807, 2.05) is 48.5 Å². The molecule has 0 saturated carbocycles. The third-order valence-corrected chi connectivity index (χ3v) is 7.36. The average molecular weight is 510 g/mol. The van der Waals surface area contributed by atoms with Crippen molar-refractivity contribution >= 4 is 23.1 Å². The maximum absolute atomic E-state index is 13.8. The molecular formula is C32H35N3O3. The number of fused-ring (bicyclic) bond motifs is 1. The summed E-state index contributed by atoms with van der Waals surface area (Å²) in [7, 11) is 1.63. The number of nitrogens with one attached hydrogen (secondary N) is 2. The van der Waals surface area contributed by atoms with E-state index < -0.39 is 0 Å². The molecule has 5 rings (SSSR count). The van der Waals surface area contributed by atoms with Crippen LogP contribution in [0, 0.1) is 12.3 Å². The first kappa shape index (κ1) is 25.6. The van der Waals surface area contributed by atoms with Gasteiger partial charge >= 0.3 is 0 Å². The monoisotopic (exact) mass is 509 g/mol. The smallest absolute Gasteiger partial charge is 0.239 e. The lowest BCUT2D eigenvalue weighted by Gasteiger charge is -2.38. The first-order chi connectivity index (χ1) is 18.2. The van der Waals surface area contributed by atoms with Gasteiger partial charge in [-0.3, -0.25) is 9.59 Å². The van der Waals surface area contributed by atoms with E-state index in [1.165, 1.54) is 0 Å². The van der Waals surface area contributed by atoms with Crippen LogP contribution in [0.3, 0.4) is 0 Å². The van der Waals surface area contributed by atoms with Gasteiger partial charge < -0.3 is 20.3 Å². The summed E-state index contributed by atoms with van der Waals surface area (Å²) in [5.41, 5.74) is 6.51. The van der Waals surface area contributed by atoms with Gasteiger partial charge in [-0.1, -0.05) is 67.9 Å². The number of hydrogen-bond acceptors (Lipinski definition) is 5. The molecule has 2 aliphatic rings. The standard InChI is InChI=1S/C32H35N3O3/c1-21-9-13-23(14-10-21)31-30-26(17-32(2,3)18-28(30)36)34-25-7-5-6-8-27(25)35(31)20-29(37)33-19-22-11-15-24(38-4)16-12-22/h5-16,31,34H,17-20H2,1-4H3,(H,33,37). The number of benzene rings is 3. The maximum atomic E-state index is 13.8. The number of ketones is 1. The number of aryl methyl sites for hydroxylation is 1. The van der Waals surface area contributed by atoms with Gasteiger partial charge in [0.25, 0.3) is 0 Å². The van der Waals surface area contributed by atoms with Crippen LogP contribution in [0.2, 0.25) is 0 Å². The molecule has 0 saturated heterocycles. The minimum absolute atomic E-state index is 0.111. The molecule has 1 aliphatic heterocycles. The summed E-state index contributed by atoms with van der Waals surface area (Å²) in [6, 6.07) is 23.6. The third-order valence-electron chi connectivity index (χ3n) is 7.36. The lowest BCUT2D eigenvalue weighted by Crippen LogP contribution is -2.41. The van der Waals surface area contributed by atoms with Gasteiger partial charge in [0.05, 0.1) is 31.1 Å². The number of nitrogens with zero attached hydrogens (tertiary/aromatic N) is 1. The number of hydrogen-bond donors (Lipinski definition) is 2. The van der Waals surface area contributed by atoms with Gasteiger partial charge in [0.15, 0.2) is 5.78 Å². The fourth-order valence-electron chi connectivity index (χ4n) is 5.48. The van der Waals surface area contributed by atoms with Crippen molar-refractivity contribution in [3.05, 3.63) is 101 Å².